The van der Waals surface area contributed by atoms with Gasteiger partial charge in [-0.2, -0.15) is 9.97 Å². The quantitative estimate of drug-likeness (QED) is 0.651. The van der Waals surface area contributed by atoms with Gasteiger partial charge in [-0.3, -0.25) is 0 Å². The van der Waals surface area contributed by atoms with Gasteiger partial charge in [-0.05, 0) is 24.0 Å². The number of halogens is 3. The number of hydrogen-bond acceptors (Lipinski definition) is 5. The summed E-state index contributed by atoms with van der Waals surface area (Å²) in [4.78, 5) is 8.01. The molecule has 3 rings (SSSR count). The summed E-state index contributed by atoms with van der Waals surface area (Å²) in [6, 6.07) is 3.59. The molecule has 0 saturated heterocycles. The van der Waals surface area contributed by atoms with E-state index in [2.05, 4.69) is 9.97 Å². The Morgan fingerprint density at radius 3 is 2.61 bits per heavy atom. The lowest BCUT2D eigenvalue weighted by atomic mass is 9.94. The first-order chi connectivity index (χ1) is 10.9. The van der Waals surface area contributed by atoms with Crippen molar-refractivity contribution in [3.8, 4) is 0 Å². The zero-order valence-electron chi connectivity index (χ0n) is 12.1. The van der Waals surface area contributed by atoms with Gasteiger partial charge in [0.25, 0.3) is 0 Å². The Bertz CT molecular complexity index is 894. The molecule has 8 heteroatoms. The molecule has 1 atom stereocenters. The van der Waals surface area contributed by atoms with E-state index in [4.69, 9.17) is 50.7 Å². The van der Waals surface area contributed by atoms with Crippen molar-refractivity contribution in [2.75, 3.05) is 11.5 Å². The summed E-state index contributed by atoms with van der Waals surface area (Å²) in [5.74, 6) is 0.440. The maximum atomic E-state index is 6.30. The minimum absolute atomic E-state index is 0.0648. The molecule has 0 bridgehead atoms. The molecular weight excluding hydrogens is 359 g/mol. The molecule has 120 valence electrons. The third-order valence-corrected chi connectivity index (χ3v) is 4.99. The summed E-state index contributed by atoms with van der Waals surface area (Å²) in [7, 11) is 0. The summed E-state index contributed by atoms with van der Waals surface area (Å²) in [6.45, 7) is 2.03. The standard InChI is InChI=1S/C15H13Cl3N4O/c1-6(8-2-3-9(16)12(18)11(8)17)4-7-5-23-14-10(7)13(19)21-15(20)22-14/h2-3,5-6H,4H2,1H3,(H4,19,20,21,22). The SMILES string of the molecule is CC(Cc1coc2nc(N)nc(N)c12)c1ccc(Cl)c(Cl)c1Cl. The number of nitrogens with zero attached hydrogens (tertiary/aromatic N) is 2. The van der Waals surface area contributed by atoms with Gasteiger partial charge in [0.2, 0.25) is 11.7 Å². The summed E-state index contributed by atoms with van der Waals surface area (Å²) in [6.07, 6.45) is 2.24. The van der Waals surface area contributed by atoms with Crippen LogP contribution in [0, 0.1) is 0 Å². The monoisotopic (exact) mass is 370 g/mol. The highest BCUT2D eigenvalue weighted by Gasteiger charge is 2.19. The van der Waals surface area contributed by atoms with E-state index in [-0.39, 0.29) is 11.9 Å². The van der Waals surface area contributed by atoms with Crippen LogP contribution in [0.3, 0.4) is 0 Å². The maximum absolute atomic E-state index is 6.30. The molecule has 2 heterocycles. The third kappa shape index (κ3) is 2.92. The van der Waals surface area contributed by atoms with Gasteiger partial charge in [0.05, 0.1) is 26.7 Å². The zero-order chi connectivity index (χ0) is 16.7. The third-order valence-electron chi connectivity index (χ3n) is 3.68. The second-order valence-electron chi connectivity index (χ2n) is 5.28. The Hall–Kier alpha value is -1.69. The molecular formula is C15H13Cl3N4O. The first kappa shape index (κ1) is 16.2. The summed E-state index contributed by atoms with van der Waals surface area (Å²) in [5, 5.41) is 1.90. The number of nitrogen functional groups attached to an aromatic ring is 2. The molecule has 1 aromatic carbocycles. The predicted molar refractivity (Wildman–Crippen MR) is 94.2 cm³/mol. The van der Waals surface area contributed by atoms with Gasteiger partial charge in [-0.15, -0.1) is 0 Å². The lowest BCUT2D eigenvalue weighted by Gasteiger charge is -2.14. The molecule has 0 aliphatic carbocycles. The van der Waals surface area contributed by atoms with Crippen LogP contribution < -0.4 is 11.5 Å². The molecule has 0 saturated carbocycles. The van der Waals surface area contributed by atoms with Gasteiger partial charge in [0.1, 0.15) is 5.82 Å². The molecule has 3 aromatic rings. The van der Waals surface area contributed by atoms with Crippen molar-refractivity contribution in [1.82, 2.24) is 9.97 Å². The van der Waals surface area contributed by atoms with Gasteiger partial charge in [-0.1, -0.05) is 47.8 Å². The number of rotatable bonds is 3. The highest BCUT2D eigenvalue weighted by molar-refractivity contribution is 6.48. The van der Waals surface area contributed by atoms with Crippen LogP contribution in [0.4, 0.5) is 11.8 Å². The fourth-order valence-electron chi connectivity index (χ4n) is 2.56. The van der Waals surface area contributed by atoms with Crippen LogP contribution in [0.5, 0.6) is 0 Å². The van der Waals surface area contributed by atoms with E-state index in [1.54, 1.807) is 12.3 Å². The predicted octanol–water partition coefficient (Wildman–Crippen LogP) is 4.69. The van der Waals surface area contributed by atoms with E-state index in [1.807, 2.05) is 13.0 Å². The molecule has 0 aliphatic rings. The second-order valence-corrected chi connectivity index (χ2v) is 6.44. The molecule has 1 unspecified atom stereocenters. The molecule has 4 N–H and O–H groups in total. The van der Waals surface area contributed by atoms with Gasteiger partial charge in [0.15, 0.2) is 0 Å². The van der Waals surface area contributed by atoms with Crippen LogP contribution in [-0.2, 0) is 6.42 Å². The minimum Gasteiger partial charge on any atom is -0.446 e. The molecule has 0 amide bonds. The van der Waals surface area contributed by atoms with Crippen molar-refractivity contribution < 1.29 is 4.42 Å². The number of aromatic nitrogens is 2. The first-order valence-electron chi connectivity index (χ1n) is 6.81. The average molecular weight is 372 g/mol. The van der Waals surface area contributed by atoms with Crippen LogP contribution in [0.25, 0.3) is 11.1 Å². The van der Waals surface area contributed by atoms with E-state index in [0.717, 1.165) is 11.1 Å². The summed E-state index contributed by atoms with van der Waals surface area (Å²) in [5.41, 5.74) is 13.7. The number of hydrogen-bond donors (Lipinski definition) is 2. The highest BCUT2D eigenvalue weighted by atomic mass is 35.5. The number of nitrogens with two attached hydrogens (primary N) is 2. The van der Waals surface area contributed by atoms with Crippen molar-refractivity contribution >= 4 is 57.7 Å². The van der Waals surface area contributed by atoms with Crippen molar-refractivity contribution in [1.29, 1.82) is 0 Å². The van der Waals surface area contributed by atoms with Gasteiger partial charge in [0, 0.05) is 5.56 Å². The van der Waals surface area contributed by atoms with Crippen LogP contribution in [0.1, 0.15) is 24.0 Å². The van der Waals surface area contributed by atoms with Crippen LogP contribution in [-0.4, -0.2) is 9.97 Å². The van der Waals surface area contributed by atoms with Crippen molar-refractivity contribution in [3.63, 3.8) is 0 Å². The van der Waals surface area contributed by atoms with Gasteiger partial charge >= 0.3 is 0 Å². The number of anilines is 2. The fraction of sp³-hybridized carbons (Fsp3) is 0.200. The Morgan fingerprint density at radius 1 is 1.13 bits per heavy atom. The number of furan rings is 1. The molecule has 0 aliphatic heterocycles. The average Bonchev–Trinajstić information content (AvgIpc) is 2.87. The summed E-state index contributed by atoms with van der Waals surface area (Å²) < 4.78 is 5.43. The lowest BCUT2D eigenvalue weighted by molar-refractivity contribution is 0.595. The zero-order valence-corrected chi connectivity index (χ0v) is 14.4. The van der Waals surface area contributed by atoms with E-state index < -0.39 is 0 Å². The molecule has 0 radical (unpaired) electrons. The van der Waals surface area contributed by atoms with E-state index in [0.29, 0.717) is 38.4 Å². The maximum Gasteiger partial charge on any atom is 0.233 e. The Kier molecular flexibility index (Phi) is 4.27. The highest BCUT2D eigenvalue weighted by Crippen LogP contribution is 2.38. The van der Waals surface area contributed by atoms with E-state index in [9.17, 15) is 0 Å². The Balaban J connectivity index is 1.98. The number of benzene rings is 1. The lowest BCUT2D eigenvalue weighted by Crippen LogP contribution is -2.03. The van der Waals surface area contributed by atoms with E-state index in [1.165, 1.54) is 0 Å². The number of fused-ring (bicyclic) bond motifs is 1. The largest absolute Gasteiger partial charge is 0.446 e. The first-order valence-corrected chi connectivity index (χ1v) is 7.94. The molecule has 0 fully saturated rings. The topological polar surface area (TPSA) is 91.0 Å². The van der Waals surface area contributed by atoms with Crippen molar-refractivity contribution in [3.05, 3.63) is 44.6 Å². The minimum atomic E-state index is 0.0648. The van der Waals surface area contributed by atoms with Gasteiger partial charge in [-0.25, -0.2) is 0 Å². The fourth-order valence-corrected chi connectivity index (χ4v) is 3.29. The van der Waals surface area contributed by atoms with E-state index >= 15 is 0 Å². The van der Waals surface area contributed by atoms with Crippen LogP contribution in [0.15, 0.2) is 22.8 Å². The molecule has 23 heavy (non-hydrogen) atoms. The smallest absolute Gasteiger partial charge is 0.233 e. The molecule has 2 aromatic heterocycles. The van der Waals surface area contributed by atoms with Crippen LogP contribution >= 0.6 is 34.8 Å². The second kappa shape index (κ2) is 6.07. The normalized spacial score (nSPS) is 12.7. The Morgan fingerprint density at radius 2 is 1.87 bits per heavy atom. The van der Waals surface area contributed by atoms with Gasteiger partial charge < -0.3 is 15.9 Å². The molecule has 5 nitrogen and oxygen atoms in total. The molecule has 0 spiro atoms. The summed E-state index contributed by atoms with van der Waals surface area (Å²) >= 11 is 18.4. The van der Waals surface area contributed by atoms with Crippen molar-refractivity contribution in [2.24, 2.45) is 0 Å². The Labute approximate surface area is 147 Å². The van der Waals surface area contributed by atoms with Crippen molar-refractivity contribution in [2.45, 2.75) is 19.3 Å². The van der Waals surface area contributed by atoms with Crippen LogP contribution in [0.2, 0.25) is 15.1 Å².